The molecule has 0 radical (unpaired) electrons. The summed E-state index contributed by atoms with van der Waals surface area (Å²) in [5.41, 5.74) is 1.19. The minimum absolute atomic E-state index is 0.125. The zero-order valence-electron chi connectivity index (χ0n) is 8.27. The number of rotatable bonds is 3. The highest BCUT2D eigenvalue weighted by atomic mass is 16.3. The number of hydrogen-bond donors (Lipinski definition) is 2. The molecule has 0 bridgehead atoms. The normalized spacial score (nSPS) is 17.9. The average Bonchev–Trinajstić information content (AvgIpc) is 2.17. The van der Waals surface area contributed by atoms with Gasteiger partial charge in [0, 0.05) is 32.9 Å². The molecule has 14 heavy (non-hydrogen) atoms. The van der Waals surface area contributed by atoms with E-state index in [1.807, 2.05) is 19.3 Å². The van der Waals surface area contributed by atoms with Crippen LogP contribution in [0.3, 0.4) is 0 Å². The lowest BCUT2D eigenvalue weighted by molar-refractivity contribution is -0.00291. The summed E-state index contributed by atoms with van der Waals surface area (Å²) in [4.78, 5) is 6.42. The van der Waals surface area contributed by atoms with Gasteiger partial charge in [-0.1, -0.05) is 6.07 Å². The third-order valence-corrected chi connectivity index (χ3v) is 2.42. The van der Waals surface area contributed by atoms with Crippen LogP contribution in [0, 0.1) is 0 Å². The van der Waals surface area contributed by atoms with E-state index < -0.39 is 0 Å². The molecule has 0 atom stereocenters. The van der Waals surface area contributed by atoms with Crippen LogP contribution in [0.1, 0.15) is 5.56 Å². The third kappa shape index (κ3) is 2.02. The first-order valence-electron chi connectivity index (χ1n) is 4.81. The van der Waals surface area contributed by atoms with E-state index >= 15 is 0 Å². The summed E-state index contributed by atoms with van der Waals surface area (Å²) in [6.45, 7) is 2.45. The molecule has 0 amide bonds. The zero-order valence-corrected chi connectivity index (χ0v) is 8.27. The van der Waals surface area contributed by atoms with Gasteiger partial charge in [-0.15, -0.1) is 0 Å². The molecule has 2 rings (SSSR count). The van der Waals surface area contributed by atoms with Crippen LogP contribution in [0.4, 0.5) is 5.82 Å². The number of aliphatic hydroxyl groups is 1. The molecule has 0 saturated carbocycles. The van der Waals surface area contributed by atoms with Crippen molar-refractivity contribution in [3.05, 3.63) is 23.9 Å². The van der Waals surface area contributed by atoms with Crippen molar-refractivity contribution >= 4 is 5.82 Å². The van der Waals surface area contributed by atoms with Gasteiger partial charge in [-0.25, -0.2) is 4.98 Å². The third-order valence-electron chi connectivity index (χ3n) is 2.42. The molecule has 2 N–H and O–H groups in total. The smallest absolute Gasteiger partial charge is 0.125 e. The lowest BCUT2D eigenvalue weighted by atomic mass is 10.1. The predicted molar refractivity (Wildman–Crippen MR) is 55.1 cm³/mol. The van der Waals surface area contributed by atoms with Gasteiger partial charge in [0.2, 0.25) is 0 Å². The Kier molecular flexibility index (Phi) is 2.65. The second-order valence-electron chi connectivity index (χ2n) is 3.65. The van der Waals surface area contributed by atoms with E-state index in [0.29, 0.717) is 0 Å². The molecule has 1 aliphatic rings. The minimum Gasteiger partial charge on any atom is -0.390 e. The van der Waals surface area contributed by atoms with E-state index in [1.54, 1.807) is 0 Å². The van der Waals surface area contributed by atoms with Gasteiger partial charge in [-0.2, -0.15) is 0 Å². The van der Waals surface area contributed by atoms with Gasteiger partial charge in [-0.05, 0) is 11.6 Å². The van der Waals surface area contributed by atoms with Crippen LogP contribution >= 0.6 is 0 Å². The second-order valence-corrected chi connectivity index (χ2v) is 3.65. The maximum Gasteiger partial charge on any atom is 0.125 e. The number of aromatic nitrogens is 1. The van der Waals surface area contributed by atoms with Crippen molar-refractivity contribution in [2.24, 2.45) is 0 Å². The molecule has 4 heteroatoms. The second kappa shape index (κ2) is 3.94. The summed E-state index contributed by atoms with van der Waals surface area (Å²) >= 11 is 0. The standard InChI is InChI=1S/C10H15N3O/c1-11-10-3-2-8(4-12-10)5-13-6-9(14)7-13/h2-4,9,14H,5-7H2,1H3,(H,11,12). The molecule has 1 fully saturated rings. The summed E-state index contributed by atoms with van der Waals surface area (Å²) in [6, 6.07) is 4.02. The Morgan fingerprint density at radius 2 is 2.36 bits per heavy atom. The summed E-state index contributed by atoms with van der Waals surface area (Å²) in [6.07, 6.45) is 1.75. The lowest BCUT2D eigenvalue weighted by Crippen LogP contribution is -2.49. The summed E-state index contributed by atoms with van der Waals surface area (Å²) in [7, 11) is 1.85. The van der Waals surface area contributed by atoms with E-state index in [1.165, 1.54) is 5.56 Å². The van der Waals surface area contributed by atoms with Crippen LogP contribution in [-0.2, 0) is 6.54 Å². The first-order chi connectivity index (χ1) is 6.78. The zero-order chi connectivity index (χ0) is 9.97. The number of β-amino-alcohol motifs (C(OH)–C–C–N with tert-alkyl or cyclic N) is 1. The number of anilines is 1. The van der Waals surface area contributed by atoms with E-state index in [0.717, 1.165) is 25.5 Å². The largest absolute Gasteiger partial charge is 0.390 e. The van der Waals surface area contributed by atoms with E-state index in [-0.39, 0.29) is 6.10 Å². The van der Waals surface area contributed by atoms with Crippen LogP contribution in [0.5, 0.6) is 0 Å². The Morgan fingerprint density at radius 1 is 1.57 bits per heavy atom. The van der Waals surface area contributed by atoms with Gasteiger partial charge >= 0.3 is 0 Å². The maximum absolute atomic E-state index is 9.11. The van der Waals surface area contributed by atoms with Gasteiger partial charge in [0.15, 0.2) is 0 Å². The molecule has 4 nitrogen and oxygen atoms in total. The Hall–Kier alpha value is -1.13. The Morgan fingerprint density at radius 3 is 2.86 bits per heavy atom. The number of nitrogens with zero attached hydrogens (tertiary/aromatic N) is 2. The van der Waals surface area contributed by atoms with E-state index in [2.05, 4.69) is 21.3 Å². The van der Waals surface area contributed by atoms with Gasteiger partial charge in [-0.3, -0.25) is 4.90 Å². The molecule has 2 heterocycles. The Balaban J connectivity index is 1.90. The summed E-state index contributed by atoms with van der Waals surface area (Å²) in [5.74, 6) is 0.886. The van der Waals surface area contributed by atoms with Gasteiger partial charge in [0.05, 0.1) is 6.10 Å². The number of aliphatic hydroxyl groups excluding tert-OH is 1. The average molecular weight is 193 g/mol. The first-order valence-corrected chi connectivity index (χ1v) is 4.81. The van der Waals surface area contributed by atoms with E-state index in [4.69, 9.17) is 5.11 Å². The molecule has 76 valence electrons. The van der Waals surface area contributed by atoms with Crippen molar-refractivity contribution in [3.8, 4) is 0 Å². The van der Waals surface area contributed by atoms with Crippen molar-refractivity contribution < 1.29 is 5.11 Å². The van der Waals surface area contributed by atoms with Crippen molar-refractivity contribution in [2.75, 3.05) is 25.5 Å². The van der Waals surface area contributed by atoms with Crippen molar-refractivity contribution in [2.45, 2.75) is 12.6 Å². The SMILES string of the molecule is CNc1ccc(CN2CC(O)C2)cn1. The molecule has 1 aliphatic heterocycles. The fraction of sp³-hybridized carbons (Fsp3) is 0.500. The minimum atomic E-state index is -0.125. The van der Waals surface area contributed by atoms with Crippen LogP contribution in [0.15, 0.2) is 18.3 Å². The molecule has 0 aliphatic carbocycles. The number of pyridine rings is 1. The topological polar surface area (TPSA) is 48.4 Å². The van der Waals surface area contributed by atoms with Gasteiger partial charge < -0.3 is 10.4 Å². The van der Waals surface area contributed by atoms with Gasteiger partial charge in [0.1, 0.15) is 5.82 Å². The molecular formula is C10H15N3O. The van der Waals surface area contributed by atoms with E-state index in [9.17, 15) is 0 Å². The fourth-order valence-electron chi connectivity index (χ4n) is 1.60. The van der Waals surface area contributed by atoms with Crippen molar-refractivity contribution in [1.29, 1.82) is 0 Å². The number of nitrogens with one attached hydrogen (secondary N) is 1. The fourth-order valence-corrected chi connectivity index (χ4v) is 1.60. The van der Waals surface area contributed by atoms with Crippen molar-refractivity contribution in [1.82, 2.24) is 9.88 Å². The summed E-state index contributed by atoms with van der Waals surface area (Å²) in [5, 5.41) is 12.1. The van der Waals surface area contributed by atoms with Crippen LogP contribution < -0.4 is 5.32 Å². The Bertz CT molecular complexity index is 293. The molecular weight excluding hydrogens is 178 g/mol. The highest BCUT2D eigenvalue weighted by Gasteiger charge is 2.23. The monoisotopic (exact) mass is 193 g/mol. The van der Waals surface area contributed by atoms with Crippen LogP contribution in [0.2, 0.25) is 0 Å². The quantitative estimate of drug-likeness (QED) is 0.725. The highest BCUT2D eigenvalue weighted by Crippen LogP contribution is 2.13. The number of hydrogen-bond acceptors (Lipinski definition) is 4. The molecule has 0 spiro atoms. The van der Waals surface area contributed by atoms with Gasteiger partial charge in [0.25, 0.3) is 0 Å². The Labute approximate surface area is 83.6 Å². The maximum atomic E-state index is 9.11. The molecule has 0 aromatic carbocycles. The molecule has 1 saturated heterocycles. The molecule has 1 aromatic rings. The molecule has 0 unspecified atom stereocenters. The summed E-state index contributed by atoms with van der Waals surface area (Å²) < 4.78 is 0. The number of likely N-dealkylation sites (tertiary alicyclic amines) is 1. The lowest BCUT2D eigenvalue weighted by Gasteiger charge is -2.35. The molecule has 1 aromatic heterocycles. The predicted octanol–water partition coefficient (Wildman–Crippen LogP) is 0.300. The highest BCUT2D eigenvalue weighted by molar-refractivity contribution is 5.34. The van der Waals surface area contributed by atoms with Crippen LogP contribution in [-0.4, -0.2) is 41.2 Å². The van der Waals surface area contributed by atoms with Crippen molar-refractivity contribution in [3.63, 3.8) is 0 Å². The first kappa shape index (κ1) is 9.43. The van der Waals surface area contributed by atoms with Crippen LogP contribution in [0.25, 0.3) is 0 Å².